The molecule has 88 valence electrons. The molecule has 0 aromatic carbocycles. The maximum atomic E-state index is 12.6. The molecule has 7 heteroatoms. The van der Waals surface area contributed by atoms with Crippen LogP contribution in [-0.2, 0) is 16.0 Å². The van der Waals surface area contributed by atoms with E-state index < -0.39 is 12.4 Å². The van der Waals surface area contributed by atoms with Gasteiger partial charge in [0.15, 0.2) is 0 Å². The van der Waals surface area contributed by atoms with Crippen LogP contribution in [-0.4, -0.2) is 18.1 Å². The second-order valence-corrected chi connectivity index (χ2v) is 4.01. The molecule has 0 spiro atoms. The van der Waals surface area contributed by atoms with E-state index in [-0.39, 0.29) is 27.3 Å². The Kier molecular flexibility index (Phi) is 4.61. The number of pyridine rings is 1. The molecule has 1 aromatic rings. The molecule has 1 rings (SSSR count). The highest BCUT2D eigenvalue weighted by Crippen LogP contribution is 2.32. The van der Waals surface area contributed by atoms with E-state index >= 15 is 0 Å². The third kappa shape index (κ3) is 3.12. The molecule has 0 aliphatic carbocycles. The van der Waals surface area contributed by atoms with Gasteiger partial charge in [-0.3, -0.25) is 4.79 Å². The average Bonchev–Trinajstić information content (AvgIpc) is 2.22. The van der Waals surface area contributed by atoms with Crippen LogP contribution in [0.15, 0.2) is 10.5 Å². The fourth-order valence-electron chi connectivity index (χ4n) is 1.04. The Hall–Kier alpha value is -0.750. The molecule has 0 aliphatic rings. The first kappa shape index (κ1) is 13.3. The van der Waals surface area contributed by atoms with Gasteiger partial charge in [-0.05, 0) is 22.0 Å². The molecule has 16 heavy (non-hydrogen) atoms. The van der Waals surface area contributed by atoms with Gasteiger partial charge in [-0.2, -0.15) is 0 Å². The number of alkyl halides is 2. The van der Waals surface area contributed by atoms with Crippen LogP contribution in [0.2, 0.25) is 5.15 Å². The summed E-state index contributed by atoms with van der Waals surface area (Å²) in [6.07, 6.45) is -2.88. The van der Waals surface area contributed by atoms with Crippen LogP contribution in [0.3, 0.4) is 0 Å². The molecular formula is C9H7BrClF2NO2. The monoisotopic (exact) mass is 313 g/mol. The van der Waals surface area contributed by atoms with E-state index in [9.17, 15) is 13.6 Å². The van der Waals surface area contributed by atoms with Crippen LogP contribution in [0.5, 0.6) is 0 Å². The Balaban J connectivity index is 3.09. The molecule has 0 saturated heterocycles. The summed E-state index contributed by atoms with van der Waals surface area (Å²) in [4.78, 5) is 14.7. The summed E-state index contributed by atoms with van der Waals surface area (Å²) in [5, 5.41) is -0.100. The van der Waals surface area contributed by atoms with Gasteiger partial charge in [0, 0.05) is 5.56 Å². The zero-order valence-electron chi connectivity index (χ0n) is 8.14. The highest BCUT2D eigenvalue weighted by Gasteiger charge is 2.17. The molecule has 3 nitrogen and oxygen atoms in total. The molecule has 0 unspecified atom stereocenters. The maximum Gasteiger partial charge on any atom is 0.311 e. The van der Waals surface area contributed by atoms with Gasteiger partial charge in [0.1, 0.15) is 5.15 Å². The fraction of sp³-hybridized carbons (Fsp3) is 0.333. The van der Waals surface area contributed by atoms with Crippen molar-refractivity contribution in [2.24, 2.45) is 0 Å². The summed E-state index contributed by atoms with van der Waals surface area (Å²) in [6, 6.07) is 1.12. The number of carbonyl (C=O) groups excluding carboxylic acids is 1. The van der Waals surface area contributed by atoms with E-state index in [1.165, 1.54) is 7.11 Å². The summed E-state index contributed by atoms with van der Waals surface area (Å²) in [6.45, 7) is 0. The van der Waals surface area contributed by atoms with Crippen molar-refractivity contribution >= 4 is 33.5 Å². The molecule has 0 aliphatic heterocycles. The van der Waals surface area contributed by atoms with E-state index in [1.807, 2.05) is 0 Å². The Morgan fingerprint density at radius 2 is 2.31 bits per heavy atom. The van der Waals surface area contributed by atoms with Crippen molar-refractivity contribution < 1.29 is 18.3 Å². The first-order chi connectivity index (χ1) is 7.45. The van der Waals surface area contributed by atoms with Crippen molar-refractivity contribution in [3.8, 4) is 0 Å². The Labute approximate surface area is 104 Å². The minimum atomic E-state index is -2.69. The average molecular weight is 315 g/mol. The van der Waals surface area contributed by atoms with Gasteiger partial charge >= 0.3 is 5.97 Å². The molecule has 0 amide bonds. The van der Waals surface area contributed by atoms with E-state index in [2.05, 4.69) is 25.7 Å². The Morgan fingerprint density at radius 3 is 2.81 bits per heavy atom. The number of hydrogen-bond acceptors (Lipinski definition) is 3. The summed E-state index contributed by atoms with van der Waals surface area (Å²) >= 11 is 8.55. The Bertz CT molecular complexity index is 415. The summed E-state index contributed by atoms with van der Waals surface area (Å²) < 4.78 is 29.6. The summed E-state index contributed by atoms with van der Waals surface area (Å²) in [5.41, 5.74) is -0.144. The van der Waals surface area contributed by atoms with E-state index in [0.717, 1.165) is 6.07 Å². The minimum Gasteiger partial charge on any atom is -0.469 e. The van der Waals surface area contributed by atoms with Gasteiger partial charge in [0.25, 0.3) is 6.43 Å². The van der Waals surface area contributed by atoms with E-state index in [4.69, 9.17) is 11.6 Å². The topological polar surface area (TPSA) is 39.2 Å². The lowest BCUT2D eigenvalue weighted by atomic mass is 10.2. The number of hydrogen-bond donors (Lipinski definition) is 0. The maximum absolute atomic E-state index is 12.6. The number of ether oxygens (including phenoxy) is 1. The molecule has 0 atom stereocenters. The van der Waals surface area contributed by atoms with Crippen LogP contribution >= 0.6 is 27.5 Å². The molecular weight excluding hydrogens is 307 g/mol. The van der Waals surface area contributed by atoms with E-state index in [1.54, 1.807) is 0 Å². The quantitative estimate of drug-likeness (QED) is 0.635. The first-order valence-electron chi connectivity index (χ1n) is 4.15. The number of rotatable bonds is 3. The SMILES string of the molecule is COC(=O)Cc1cc(C(F)F)c(Br)c(Cl)n1. The second kappa shape index (κ2) is 5.54. The van der Waals surface area contributed by atoms with Crippen molar-refractivity contribution in [1.29, 1.82) is 0 Å². The number of halogens is 4. The summed E-state index contributed by atoms with van der Waals surface area (Å²) in [7, 11) is 1.21. The number of carbonyl (C=O) groups is 1. The van der Waals surface area contributed by atoms with Crippen molar-refractivity contribution in [3.05, 3.63) is 26.9 Å². The third-order valence-corrected chi connectivity index (χ3v) is 3.12. The fourth-order valence-corrected chi connectivity index (χ4v) is 1.63. The van der Waals surface area contributed by atoms with Gasteiger partial charge in [-0.15, -0.1) is 0 Å². The number of esters is 1. The lowest BCUT2D eigenvalue weighted by molar-refractivity contribution is -0.139. The van der Waals surface area contributed by atoms with Gasteiger partial charge in [0.05, 0.1) is 23.7 Å². The number of methoxy groups -OCH3 is 1. The van der Waals surface area contributed by atoms with Gasteiger partial charge in [-0.25, -0.2) is 13.8 Å². The second-order valence-electron chi connectivity index (χ2n) is 2.86. The predicted octanol–water partition coefficient (Wildman–Crippen LogP) is 3.15. The molecule has 0 N–H and O–H groups in total. The highest BCUT2D eigenvalue weighted by atomic mass is 79.9. The summed E-state index contributed by atoms with van der Waals surface area (Å²) in [5.74, 6) is -0.564. The third-order valence-electron chi connectivity index (χ3n) is 1.79. The van der Waals surface area contributed by atoms with Crippen LogP contribution < -0.4 is 0 Å². The zero-order valence-corrected chi connectivity index (χ0v) is 10.5. The van der Waals surface area contributed by atoms with Crippen molar-refractivity contribution in [1.82, 2.24) is 4.98 Å². The number of nitrogens with zero attached hydrogens (tertiary/aromatic N) is 1. The highest BCUT2D eigenvalue weighted by molar-refractivity contribution is 9.10. The molecule has 1 heterocycles. The van der Waals surface area contributed by atoms with Gasteiger partial charge < -0.3 is 4.74 Å². The molecule has 1 aromatic heterocycles. The molecule has 0 fully saturated rings. The normalized spacial score (nSPS) is 10.6. The van der Waals surface area contributed by atoms with Gasteiger partial charge in [0.2, 0.25) is 0 Å². The van der Waals surface area contributed by atoms with Crippen LogP contribution in [0.25, 0.3) is 0 Å². The van der Waals surface area contributed by atoms with Crippen LogP contribution in [0.1, 0.15) is 17.7 Å². The minimum absolute atomic E-state index is 0.0396. The molecule has 0 saturated carbocycles. The largest absolute Gasteiger partial charge is 0.469 e. The van der Waals surface area contributed by atoms with Crippen molar-refractivity contribution in [2.45, 2.75) is 12.8 Å². The van der Waals surface area contributed by atoms with Crippen LogP contribution in [0.4, 0.5) is 8.78 Å². The molecule has 0 bridgehead atoms. The van der Waals surface area contributed by atoms with Gasteiger partial charge in [-0.1, -0.05) is 11.6 Å². The van der Waals surface area contributed by atoms with Crippen molar-refractivity contribution in [2.75, 3.05) is 7.11 Å². The zero-order chi connectivity index (χ0) is 12.3. The predicted molar refractivity (Wildman–Crippen MR) is 57.6 cm³/mol. The lowest BCUT2D eigenvalue weighted by Crippen LogP contribution is -2.07. The van der Waals surface area contributed by atoms with E-state index in [0.29, 0.717) is 0 Å². The van der Waals surface area contributed by atoms with Crippen molar-refractivity contribution in [3.63, 3.8) is 0 Å². The standard InChI is InChI=1S/C9H7BrClF2NO2/c1-16-6(15)3-4-2-5(9(12)13)7(10)8(11)14-4/h2,9H,3H2,1H3. The molecule has 0 radical (unpaired) electrons. The first-order valence-corrected chi connectivity index (χ1v) is 5.32. The van der Waals surface area contributed by atoms with Crippen LogP contribution in [0, 0.1) is 0 Å². The lowest BCUT2D eigenvalue weighted by Gasteiger charge is -2.07. The Morgan fingerprint density at radius 1 is 1.69 bits per heavy atom. The smallest absolute Gasteiger partial charge is 0.311 e. The number of aromatic nitrogens is 1.